The van der Waals surface area contributed by atoms with Gasteiger partial charge in [-0.25, -0.2) is 23.9 Å². The van der Waals surface area contributed by atoms with E-state index in [1.807, 2.05) is 26.0 Å². The van der Waals surface area contributed by atoms with E-state index in [2.05, 4.69) is 82.0 Å². The van der Waals surface area contributed by atoms with Crippen molar-refractivity contribution >= 4 is 49.3 Å². The number of anilines is 1. The van der Waals surface area contributed by atoms with Crippen LogP contribution >= 0.6 is 7.82 Å². The van der Waals surface area contributed by atoms with Crippen molar-refractivity contribution in [2.24, 2.45) is 16.7 Å². The van der Waals surface area contributed by atoms with Crippen molar-refractivity contribution in [3.8, 4) is 17.6 Å². The summed E-state index contributed by atoms with van der Waals surface area (Å²) >= 11 is 0. The zero-order valence-corrected chi connectivity index (χ0v) is 46.2. The number of likely N-dealkylation sites (tertiary alicyclic amines) is 1. The number of hydrogen-bond acceptors (Lipinski definition) is 18. The molecule has 2 aromatic carbocycles. The number of carbonyl (C=O) groups is 6. The SMILES string of the molecule is Cc1cc(OC2C(C)(C)C(NC(=O)c3cnc(N4CCC(CN(C(C)C)C5CC(Oc6ccc7c(c6)C(=O)N([C@@H]6CCC(=O)N(COP(=O)(O)OCOC(=O)OC(C)C)C6=O)C7=O)C5)CC4)cn3)C2(C)C)cc(C)c1C#N. The molecule has 414 valence electrons. The molecule has 0 bridgehead atoms. The van der Waals surface area contributed by atoms with Gasteiger partial charge in [-0.05, 0) is 108 Å². The smallest absolute Gasteiger partial charge is 0.490 e. The van der Waals surface area contributed by atoms with Gasteiger partial charge in [0.25, 0.3) is 23.6 Å². The van der Waals surface area contributed by atoms with E-state index in [4.69, 9.17) is 18.7 Å². The average Bonchev–Trinajstić information content (AvgIpc) is 3.63. The molecule has 2 N–H and O–H groups in total. The number of hydrogen-bond donors (Lipinski definition) is 2. The maximum Gasteiger partial charge on any atom is 0.510 e. The molecule has 2 atom stereocenters. The van der Waals surface area contributed by atoms with Gasteiger partial charge in [0, 0.05) is 67.9 Å². The minimum Gasteiger partial charge on any atom is -0.490 e. The van der Waals surface area contributed by atoms with E-state index in [1.54, 1.807) is 32.3 Å². The van der Waals surface area contributed by atoms with Crippen LogP contribution in [0.2, 0.25) is 0 Å². The Hall–Kier alpha value is -6.50. The Labute approximate surface area is 448 Å². The van der Waals surface area contributed by atoms with Gasteiger partial charge in [0.2, 0.25) is 12.7 Å². The zero-order chi connectivity index (χ0) is 55.9. The molecule has 2 saturated heterocycles. The second kappa shape index (κ2) is 22.5. The number of aryl methyl sites for hydroxylation is 2. The highest BCUT2D eigenvalue weighted by Crippen LogP contribution is 2.56. The van der Waals surface area contributed by atoms with Gasteiger partial charge in [-0.3, -0.25) is 43.2 Å². The lowest BCUT2D eigenvalue weighted by Gasteiger charge is -2.63. The van der Waals surface area contributed by atoms with Gasteiger partial charge in [-0.1, -0.05) is 27.7 Å². The van der Waals surface area contributed by atoms with Gasteiger partial charge in [-0.15, -0.1) is 0 Å². The molecule has 5 amide bonds. The van der Waals surface area contributed by atoms with Crippen LogP contribution in [-0.2, 0) is 32.7 Å². The standard InChI is InChI=1S/C54H69N8O14P/c1-30(2)60(27-34-15-17-59(18-16-34)44-26-56-42(25-57-44)46(64)58-50-53(7,8)51(54(50,9)10)76-37-19-32(5)41(24-55)33(6)20-37)35-21-38(22-35)75-36-11-12-39-40(23-36)48(66)62(47(39)65)43-13-14-45(63)61(49(43)67)28-72-77(69,70)73-29-71-52(68)74-31(3)4/h11-12,19-20,23,25-26,30-31,34-35,38,43,50-51H,13-18,21-22,27-29H2,1-10H3,(H,58,64)(H,69,70)/t35?,38?,43-,50?,51?/m1/s1. The van der Waals surface area contributed by atoms with Crippen LogP contribution in [0.3, 0.4) is 0 Å². The molecule has 2 aliphatic carbocycles. The van der Waals surface area contributed by atoms with Crippen molar-refractivity contribution in [3.63, 3.8) is 0 Å². The monoisotopic (exact) mass is 1080 g/mol. The fourth-order valence-corrected chi connectivity index (χ4v) is 12.3. The minimum absolute atomic E-state index is 0.0488. The van der Waals surface area contributed by atoms with Crippen LogP contribution in [0.4, 0.5) is 10.6 Å². The van der Waals surface area contributed by atoms with E-state index in [-0.39, 0.29) is 65.9 Å². The number of nitriles is 1. The van der Waals surface area contributed by atoms with Crippen molar-refractivity contribution in [2.45, 2.75) is 150 Å². The van der Waals surface area contributed by atoms with Gasteiger partial charge in [0.1, 0.15) is 48.0 Å². The highest BCUT2D eigenvalue weighted by molar-refractivity contribution is 7.47. The molecule has 3 aromatic rings. The van der Waals surface area contributed by atoms with Crippen LogP contribution in [0, 0.1) is 41.9 Å². The molecular weight excluding hydrogens is 1020 g/mol. The Morgan fingerprint density at radius 1 is 0.896 bits per heavy atom. The Balaban J connectivity index is 0.782. The van der Waals surface area contributed by atoms with E-state index in [9.17, 15) is 43.5 Å². The molecule has 22 nitrogen and oxygen atoms in total. The lowest BCUT2D eigenvalue weighted by Crippen LogP contribution is -2.74. The quantitative estimate of drug-likeness (QED) is 0.0538. The van der Waals surface area contributed by atoms with E-state index in [0.717, 1.165) is 67.2 Å². The predicted octanol–water partition coefficient (Wildman–Crippen LogP) is 6.84. The number of benzene rings is 2. The fraction of sp³-hybridized carbons (Fsp3) is 0.574. The number of ether oxygens (including phenoxy) is 4. The van der Waals surface area contributed by atoms with Gasteiger partial charge in [-0.2, -0.15) is 5.26 Å². The Bertz CT molecular complexity index is 2840. The lowest BCUT2D eigenvalue weighted by molar-refractivity contribution is -0.164. The molecule has 4 heterocycles. The Morgan fingerprint density at radius 3 is 2.17 bits per heavy atom. The van der Waals surface area contributed by atoms with Gasteiger partial charge >= 0.3 is 14.0 Å². The third kappa shape index (κ3) is 12.0. The summed E-state index contributed by atoms with van der Waals surface area (Å²) in [7, 11) is -4.95. The maximum absolute atomic E-state index is 13.8. The molecular formula is C54H69N8O14P. The molecule has 5 aliphatic rings. The van der Waals surface area contributed by atoms with Crippen LogP contribution in [0.25, 0.3) is 0 Å². The van der Waals surface area contributed by atoms with Gasteiger partial charge in [0.15, 0.2) is 0 Å². The summed E-state index contributed by atoms with van der Waals surface area (Å²) in [5.74, 6) is -1.24. The predicted molar refractivity (Wildman–Crippen MR) is 276 cm³/mol. The summed E-state index contributed by atoms with van der Waals surface area (Å²) < 4.78 is 43.9. The number of imide groups is 2. The van der Waals surface area contributed by atoms with Crippen molar-refractivity contribution in [3.05, 3.63) is 76.2 Å². The Morgan fingerprint density at radius 2 is 1.56 bits per heavy atom. The third-order valence-corrected chi connectivity index (χ3v) is 16.4. The number of fused-ring (bicyclic) bond motifs is 1. The van der Waals surface area contributed by atoms with E-state index < -0.39 is 74.1 Å². The number of nitrogens with one attached hydrogen (secondary N) is 1. The minimum atomic E-state index is -4.95. The van der Waals surface area contributed by atoms with Crippen LogP contribution in [-0.4, -0.2) is 141 Å². The van der Waals surface area contributed by atoms with Crippen LogP contribution < -0.4 is 19.7 Å². The largest absolute Gasteiger partial charge is 0.510 e. The topological polar surface area (TPSA) is 270 Å². The van der Waals surface area contributed by atoms with E-state index in [0.29, 0.717) is 27.9 Å². The highest BCUT2D eigenvalue weighted by Gasteiger charge is 2.64. The third-order valence-electron chi connectivity index (χ3n) is 15.5. The van der Waals surface area contributed by atoms with Crippen molar-refractivity contribution in [2.75, 3.05) is 38.1 Å². The Kier molecular flexibility index (Phi) is 16.5. The number of piperidine rings is 2. The van der Waals surface area contributed by atoms with Gasteiger partial charge < -0.3 is 34.1 Å². The number of rotatable bonds is 19. The first-order chi connectivity index (χ1) is 36.3. The molecule has 1 unspecified atom stereocenters. The second-order valence-corrected chi connectivity index (χ2v) is 23.8. The molecule has 77 heavy (non-hydrogen) atoms. The maximum atomic E-state index is 13.8. The molecule has 4 fully saturated rings. The first-order valence-electron chi connectivity index (χ1n) is 26.1. The number of carbonyl (C=O) groups excluding carboxylic acids is 6. The number of amides is 5. The summed E-state index contributed by atoms with van der Waals surface area (Å²) in [6, 6.07) is 9.61. The normalized spacial score (nSPS) is 23.8. The highest BCUT2D eigenvalue weighted by atomic mass is 31.2. The summed E-state index contributed by atoms with van der Waals surface area (Å²) in [5, 5.41) is 12.7. The molecule has 0 radical (unpaired) electrons. The molecule has 23 heteroatoms. The summed E-state index contributed by atoms with van der Waals surface area (Å²) in [4.78, 5) is 104. The first kappa shape index (κ1) is 56.7. The number of nitrogens with zero attached hydrogens (tertiary/aromatic N) is 7. The summed E-state index contributed by atoms with van der Waals surface area (Å²) in [6.07, 6.45) is 4.21. The number of phosphoric acid groups is 1. The van der Waals surface area contributed by atoms with Crippen molar-refractivity contribution in [1.29, 1.82) is 5.26 Å². The zero-order valence-electron chi connectivity index (χ0n) is 45.3. The molecule has 2 saturated carbocycles. The number of aromatic nitrogens is 2. The first-order valence-corrected chi connectivity index (χ1v) is 27.6. The molecule has 3 aliphatic heterocycles. The van der Waals surface area contributed by atoms with Crippen molar-refractivity contribution in [1.82, 2.24) is 30.0 Å². The van der Waals surface area contributed by atoms with E-state index in [1.165, 1.54) is 12.1 Å². The van der Waals surface area contributed by atoms with Crippen molar-refractivity contribution < 1.29 is 66.2 Å². The second-order valence-electron chi connectivity index (χ2n) is 22.4. The average molecular weight is 1090 g/mol. The summed E-state index contributed by atoms with van der Waals surface area (Å²) in [5.41, 5.74) is 1.95. The van der Waals surface area contributed by atoms with Crippen LogP contribution in [0.1, 0.15) is 142 Å². The van der Waals surface area contributed by atoms with E-state index >= 15 is 0 Å². The molecule has 1 aromatic heterocycles. The van der Waals surface area contributed by atoms with Crippen LogP contribution in [0.5, 0.6) is 11.5 Å². The fourth-order valence-electron chi connectivity index (χ4n) is 11.8. The molecule has 8 rings (SSSR count). The summed E-state index contributed by atoms with van der Waals surface area (Å²) in [6.45, 7) is 20.1. The lowest BCUT2D eigenvalue weighted by atomic mass is 9.49. The number of phosphoric ester groups is 1. The van der Waals surface area contributed by atoms with Gasteiger partial charge in [0.05, 0.1) is 41.3 Å². The molecule has 0 spiro atoms. The van der Waals surface area contributed by atoms with Crippen LogP contribution in [0.15, 0.2) is 42.7 Å².